The first-order valence-electron chi connectivity index (χ1n) is 7.00. The van der Waals surface area contributed by atoms with Gasteiger partial charge in [-0.25, -0.2) is 0 Å². The Morgan fingerprint density at radius 3 is 2.95 bits per heavy atom. The van der Waals surface area contributed by atoms with Crippen LogP contribution in [0, 0.1) is 0 Å². The molecule has 114 valence electrons. The van der Waals surface area contributed by atoms with Crippen LogP contribution in [0.5, 0.6) is 0 Å². The van der Waals surface area contributed by atoms with E-state index in [2.05, 4.69) is 27.5 Å². The molecule has 1 N–H and O–H groups in total. The van der Waals surface area contributed by atoms with Gasteiger partial charge in [0.25, 0.3) is 0 Å². The fourth-order valence-electron chi connectivity index (χ4n) is 2.09. The molecule has 0 aliphatic heterocycles. The van der Waals surface area contributed by atoms with Crippen LogP contribution in [0.15, 0.2) is 47.2 Å². The maximum atomic E-state index is 6.13. The Morgan fingerprint density at radius 1 is 1.32 bits per heavy atom. The van der Waals surface area contributed by atoms with Crippen molar-refractivity contribution >= 4 is 11.6 Å². The largest absolute Gasteiger partial charge is 0.338 e. The predicted octanol–water partition coefficient (Wildman–Crippen LogP) is 2.76. The average Bonchev–Trinajstić information content (AvgIpc) is 3.17. The van der Waals surface area contributed by atoms with Gasteiger partial charge < -0.3 is 9.84 Å². The Kier molecular flexibility index (Phi) is 4.50. The van der Waals surface area contributed by atoms with Gasteiger partial charge in [-0.2, -0.15) is 10.1 Å². The van der Waals surface area contributed by atoms with Crippen molar-refractivity contribution in [3.05, 3.63) is 53.6 Å². The molecule has 0 saturated carbocycles. The zero-order chi connectivity index (χ0) is 15.4. The molecule has 0 saturated heterocycles. The summed E-state index contributed by atoms with van der Waals surface area (Å²) in [6.07, 6.45) is 3.70. The van der Waals surface area contributed by atoms with Gasteiger partial charge in [0, 0.05) is 24.0 Å². The molecule has 0 bridgehead atoms. The molecule has 0 fully saturated rings. The highest BCUT2D eigenvalue weighted by molar-refractivity contribution is 6.33. The number of aromatic nitrogens is 4. The minimum absolute atomic E-state index is 0.232. The van der Waals surface area contributed by atoms with Crippen LogP contribution in [0.25, 0.3) is 11.4 Å². The number of nitrogens with one attached hydrogen (secondary N) is 1. The topological polar surface area (TPSA) is 68.8 Å². The van der Waals surface area contributed by atoms with Crippen LogP contribution in [0.3, 0.4) is 0 Å². The SMILES string of the molecule is C[C@H](Cn1cccn1)NCc1nc(-c2ccccc2Cl)no1. The van der Waals surface area contributed by atoms with Gasteiger partial charge in [0.2, 0.25) is 11.7 Å². The third-order valence-electron chi connectivity index (χ3n) is 3.20. The van der Waals surface area contributed by atoms with E-state index in [1.54, 1.807) is 12.3 Å². The van der Waals surface area contributed by atoms with Crippen LogP contribution in [0.4, 0.5) is 0 Å². The molecule has 2 heterocycles. The molecule has 1 aromatic carbocycles. The van der Waals surface area contributed by atoms with Crippen molar-refractivity contribution in [3.8, 4) is 11.4 Å². The number of hydrogen-bond acceptors (Lipinski definition) is 5. The zero-order valence-electron chi connectivity index (χ0n) is 12.1. The first-order chi connectivity index (χ1) is 10.7. The number of rotatable bonds is 6. The van der Waals surface area contributed by atoms with Gasteiger partial charge in [-0.1, -0.05) is 28.9 Å². The van der Waals surface area contributed by atoms with Crippen molar-refractivity contribution in [1.82, 2.24) is 25.2 Å². The number of nitrogens with zero attached hydrogens (tertiary/aromatic N) is 4. The summed E-state index contributed by atoms with van der Waals surface area (Å²) in [6.45, 7) is 3.35. The summed E-state index contributed by atoms with van der Waals surface area (Å²) in [6, 6.07) is 9.56. The normalized spacial score (nSPS) is 12.5. The van der Waals surface area contributed by atoms with Gasteiger partial charge in [-0.3, -0.25) is 4.68 Å². The molecule has 0 amide bonds. The molecule has 1 atom stereocenters. The van der Waals surface area contributed by atoms with Crippen LogP contribution < -0.4 is 5.32 Å². The van der Waals surface area contributed by atoms with Crippen molar-refractivity contribution in [2.45, 2.75) is 26.1 Å². The smallest absolute Gasteiger partial charge is 0.240 e. The van der Waals surface area contributed by atoms with Crippen LogP contribution in [0.1, 0.15) is 12.8 Å². The van der Waals surface area contributed by atoms with Gasteiger partial charge in [0.1, 0.15) is 0 Å². The highest BCUT2D eigenvalue weighted by atomic mass is 35.5. The summed E-state index contributed by atoms with van der Waals surface area (Å²) in [5, 5.41) is 12.1. The Hall–Kier alpha value is -2.18. The molecule has 22 heavy (non-hydrogen) atoms. The van der Waals surface area contributed by atoms with E-state index in [1.807, 2.05) is 35.1 Å². The van der Waals surface area contributed by atoms with E-state index in [9.17, 15) is 0 Å². The first kappa shape index (κ1) is 14.7. The van der Waals surface area contributed by atoms with Crippen LogP contribution in [0.2, 0.25) is 5.02 Å². The molecule has 0 radical (unpaired) electrons. The summed E-state index contributed by atoms with van der Waals surface area (Å²) in [7, 11) is 0. The predicted molar refractivity (Wildman–Crippen MR) is 83.3 cm³/mol. The van der Waals surface area contributed by atoms with Gasteiger partial charge in [0.05, 0.1) is 18.1 Å². The molecule has 0 aliphatic rings. The molecule has 3 rings (SSSR count). The van der Waals surface area contributed by atoms with E-state index in [0.29, 0.717) is 23.3 Å². The summed E-state index contributed by atoms with van der Waals surface area (Å²) in [4.78, 5) is 4.36. The van der Waals surface area contributed by atoms with Crippen LogP contribution >= 0.6 is 11.6 Å². The van der Waals surface area contributed by atoms with E-state index < -0.39 is 0 Å². The van der Waals surface area contributed by atoms with Crippen molar-refractivity contribution in [1.29, 1.82) is 0 Å². The lowest BCUT2D eigenvalue weighted by Gasteiger charge is -2.11. The Labute approximate surface area is 133 Å². The van der Waals surface area contributed by atoms with E-state index in [0.717, 1.165) is 12.1 Å². The number of benzene rings is 1. The summed E-state index contributed by atoms with van der Waals surface area (Å²) < 4.78 is 7.13. The van der Waals surface area contributed by atoms with E-state index >= 15 is 0 Å². The molecule has 3 aromatic rings. The van der Waals surface area contributed by atoms with Gasteiger partial charge >= 0.3 is 0 Å². The van der Waals surface area contributed by atoms with Crippen molar-refractivity contribution < 1.29 is 4.52 Å². The highest BCUT2D eigenvalue weighted by Gasteiger charge is 2.12. The second kappa shape index (κ2) is 6.72. The Bertz CT molecular complexity index is 725. The summed E-state index contributed by atoms with van der Waals surface area (Å²) >= 11 is 6.13. The van der Waals surface area contributed by atoms with Gasteiger partial charge in [-0.15, -0.1) is 0 Å². The third-order valence-corrected chi connectivity index (χ3v) is 3.53. The number of halogens is 1. The van der Waals surface area contributed by atoms with Crippen LogP contribution in [-0.2, 0) is 13.1 Å². The monoisotopic (exact) mass is 317 g/mol. The second-order valence-corrected chi connectivity index (χ2v) is 5.41. The minimum Gasteiger partial charge on any atom is -0.338 e. The van der Waals surface area contributed by atoms with Crippen molar-refractivity contribution in [2.75, 3.05) is 0 Å². The summed E-state index contributed by atoms with van der Waals surface area (Å²) in [5.41, 5.74) is 0.767. The average molecular weight is 318 g/mol. The van der Waals surface area contributed by atoms with Crippen molar-refractivity contribution in [3.63, 3.8) is 0 Å². The van der Waals surface area contributed by atoms with Crippen molar-refractivity contribution in [2.24, 2.45) is 0 Å². The summed E-state index contributed by atoms with van der Waals surface area (Å²) in [5.74, 6) is 1.03. The first-order valence-corrected chi connectivity index (χ1v) is 7.38. The Balaban J connectivity index is 1.59. The lowest BCUT2D eigenvalue weighted by Crippen LogP contribution is -2.30. The molecular weight excluding hydrogens is 302 g/mol. The maximum Gasteiger partial charge on any atom is 0.240 e. The van der Waals surface area contributed by atoms with Crippen LogP contribution in [-0.4, -0.2) is 26.0 Å². The maximum absolute atomic E-state index is 6.13. The lowest BCUT2D eigenvalue weighted by molar-refractivity contribution is 0.350. The zero-order valence-corrected chi connectivity index (χ0v) is 12.9. The standard InChI is InChI=1S/C15H16ClN5O/c1-11(10-21-8-4-7-18-21)17-9-14-19-15(20-22-14)12-5-2-3-6-13(12)16/h2-8,11,17H,9-10H2,1H3/t11-/m1/s1. The molecular formula is C15H16ClN5O. The fourth-order valence-corrected chi connectivity index (χ4v) is 2.31. The highest BCUT2D eigenvalue weighted by Crippen LogP contribution is 2.24. The quantitative estimate of drug-likeness (QED) is 0.757. The molecule has 7 heteroatoms. The van der Waals surface area contributed by atoms with E-state index in [-0.39, 0.29) is 6.04 Å². The number of hydrogen-bond donors (Lipinski definition) is 1. The van der Waals surface area contributed by atoms with Gasteiger partial charge in [0.15, 0.2) is 0 Å². The molecule has 0 spiro atoms. The van der Waals surface area contributed by atoms with E-state index in [4.69, 9.17) is 16.1 Å². The fraction of sp³-hybridized carbons (Fsp3) is 0.267. The molecule has 0 unspecified atom stereocenters. The van der Waals surface area contributed by atoms with Gasteiger partial charge in [-0.05, 0) is 25.1 Å². The lowest BCUT2D eigenvalue weighted by atomic mass is 10.2. The molecule has 6 nitrogen and oxygen atoms in total. The Morgan fingerprint density at radius 2 is 2.18 bits per heavy atom. The minimum atomic E-state index is 0.232. The van der Waals surface area contributed by atoms with E-state index in [1.165, 1.54) is 0 Å². The molecule has 0 aliphatic carbocycles. The molecule has 2 aromatic heterocycles. The third kappa shape index (κ3) is 3.52. The second-order valence-electron chi connectivity index (χ2n) is 5.00.